The Bertz CT molecular complexity index is 603. The lowest BCUT2D eigenvalue weighted by atomic mass is 10.0. The summed E-state index contributed by atoms with van der Waals surface area (Å²) in [4.78, 5) is 31.6. The van der Waals surface area contributed by atoms with E-state index in [0.717, 1.165) is 5.56 Å². The van der Waals surface area contributed by atoms with Crippen LogP contribution < -0.4 is 10.6 Å². The quantitative estimate of drug-likeness (QED) is 0.831. The Morgan fingerprint density at radius 1 is 1.55 bits per heavy atom. The van der Waals surface area contributed by atoms with Crippen LogP contribution in [0.5, 0.6) is 5.75 Å². The summed E-state index contributed by atoms with van der Waals surface area (Å²) < 4.78 is 5.16. The molecule has 0 spiro atoms. The van der Waals surface area contributed by atoms with E-state index in [1.165, 1.54) is 16.2 Å². The summed E-state index contributed by atoms with van der Waals surface area (Å²) in [7, 11) is 1.56. The van der Waals surface area contributed by atoms with Crippen LogP contribution in [0.4, 0.5) is 5.00 Å². The monoisotopic (exact) mass is 325 g/mol. The van der Waals surface area contributed by atoms with Crippen LogP contribution in [0.15, 0.2) is 5.38 Å². The van der Waals surface area contributed by atoms with Crippen molar-refractivity contribution >= 4 is 28.2 Å². The highest BCUT2D eigenvalue weighted by Crippen LogP contribution is 2.39. The van der Waals surface area contributed by atoms with Crippen molar-refractivity contribution in [3.05, 3.63) is 10.9 Å². The SMILES string of the molecule is COC(C)CN1C(=O)CCC(N2Cc3c(csc3N)O2)C1=O. The van der Waals surface area contributed by atoms with Gasteiger partial charge in [-0.05, 0) is 13.3 Å². The Morgan fingerprint density at radius 2 is 2.32 bits per heavy atom. The fourth-order valence-corrected chi connectivity index (χ4v) is 3.44. The van der Waals surface area contributed by atoms with Gasteiger partial charge in [0, 0.05) is 24.5 Å². The van der Waals surface area contributed by atoms with E-state index in [0.29, 0.717) is 30.1 Å². The molecule has 0 bridgehead atoms. The zero-order valence-electron chi connectivity index (χ0n) is 12.6. The van der Waals surface area contributed by atoms with E-state index in [-0.39, 0.29) is 24.5 Å². The van der Waals surface area contributed by atoms with Crippen LogP contribution in [0.3, 0.4) is 0 Å². The van der Waals surface area contributed by atoms with Gasteiger partial charge < -0.3 is 15.3 Å². The summed E-state index contributed by atoms with van der Waals surface area (Å²) in [5, 5.41) is 4.18. The van der Waals surface area contributed by atoms with Gasteiger partial charge in [-0.2, -0.15) is 0 Å². The number of piperidine rings is 1. The average Bonchev–Trinajstić information content (AvgIpc) is 3.06. The predicted octanol–water partition coefficient (Wildman–Crippen LogP) is 0.992. The van der Waals surface area contributed by atoms with Crippen LogP contribution in [0.2, 0.25) is 0 Å². The first-order valence-electron chi connectivity index (χ1n) is 7.18. The Hall–Kier alpha value is -1.64. The second-order valence-electron chi connectivity index (χ2n) is 5.55. The molecule has 0 aromatic carbocycles. The summed E-state index contributed by atoms with van der Waals surface area (Å²) >= 11 is 1.43. The third-order valence-electron chi connectivity index (χ3n) is 4.09. The summed E-state index contributed by atoms with van der Waals surface area (Å²) in [6.45, 7) is 2.57. The number of nitrogens with zero attached hydrogens (tertiary/aromatic N) is 2. The van der Waals surface area contributed by atoms with Crippen LogP contribution in [-0.4, -0.2) is 47.6 Å². The van der Waals surface area contributed by atoms with Gasteiger partial charge in [-0.1, -0.05) is 0 Å². The number of hydroxylamine groups is 2. The van der Waals surface area contributed by atoms with Gasteiger partial charge in [0.25, 0.3) is 0 Å². The van der Waals surface area contributed by atoms with Gasteiger partial charge in [-0.15, -0.1) is 16.4 Å². The number of carbonyl (C=O) groups is 2. The number of nitrogen functional groups attached to an aromatic ring is 1. The lowest BCUT2D eigenvalue weighted by Gasteiger charge is -2.35. The second-order valence-corrected chi connectivity index (χ2v) is 6.46. The maximum Gasteiger partial charge on any atom is 0.250 e. The summed E-state index contributed by atoms with van der Waals surface area (Å²) in [5.41, 5.74) is 6.82. The number of hydrogen-bond acceptors (Lipinski definition) is 7. The first kappa shape index (κ1) is 15.3. The number of methoxy groups -OCH3 is 1. The minimum atomic E-state index is -0.460. The Labute approximate surface area is 132 Å². The van der Waals surface area contributed by atoms with E-state index < -0.39 is 6.04 Å². The molecule has 0 saturated carbocycles. The highest BCUT2D eigenvalue weighted by atomic mass is 32.1. The van der Waals surface area contributed by atoms with Gasteiger partial charge in [0.2, 0.25) is 11.8 Å². The molecule has 2 N–H and O–H groups in total. The molecule has 1 fully saturated rings. The zero-order chi connectivity index (χ0) is 15.9. The van der Waals surface area contributed by atoms with Crippen LogP contribution in [0.25, 0.3) is 0 Å². The minimum Gasteiger partial charge on any atom is -0.404 e. The van der Waals surface area contributed by atoms with Crippen molar-refractivity contribution in [3.63, 3.8) is 0 Å². The van der Waals surface area contributed by atoms with E-state index in [2.05, 4.69) is 0 Å². The molecule has 1 saturated heterocycles. The molecule has 1 aromatic rings. The number of likely N-dealkylation sites (tertiary alicyclic amines) is 1. The normalized spacial score (nSPS) is 23.5. The van der Waals surface area contributed by atoms with Crippen molar-refractivity contribution in [1.29, 1.82) is 0 Å². The maximum atomic E-state index is 12.6. The van der Waals surface area contributed by atoms with Crippen molar-refractivity contribution in [2.75, 3.05) is 19.4 Å². The first-order chi connectivity index (χ1) is 10.5. The third-order valence-corrected chi connectivity index (χ3v) is 4.92. The summed E-state index contributed by atoms with van der Waals surface area (Å²) in [5.74, 6) is 0.328. The summed E-state index contributed by atoms with van der Waals surface area (Å²) in [6.07, 6.45) is 0.598. The highest BCUT2D eigenvalue weighted by molar-refractivity contribution is 7.14. The molecule has 3 heterocycles. The van der Waals surface area contributed by atoms with Crippen molar-refractivity contribution in [1.82, 2.24) is 9.96 Å². The van der Waals surface area contributed by atoms with Crippen molar-refractivity contribution < 1.29 is 19.2 Å². The number of amides is 2. The van der Waals surface area contributed by atoms with Crippen molar-refractivity contribution in [2.24, 2.45) is 0 Å². The molecule has 2 aliphatic rings. The molecule has 1 aromatic heterocycles. The molecule has 0 radical (unpaired) electrons. The molecule has 0 aliphatic carbocycles. The number of carbonyl (C=O) groups excluding carboxylic acids is 2. The molecule has 2 atom stereocenters. The van der Waals surface area contributed by atoms with E-state index >= 15 is 0 Å². The smallest absolute Gasteiger partial charge is 0.250 e. The van der Waals surface area contributed by atoms with E-state index in [9.17, 15) is 9.59 Å². The number of anilines is 1. The number of nitrogens with two attached hydrogens (primary N) is 1. The van der Waals surface area contributed by atoms with E-state index in [1.54, 1.807) is 12.2 Å². The molecule has 22 heavy (non-hydrogen) atoms. The lowest BCUT2D eigenvalue weighted by Crippen LogP contribution is -2.55. The summed E-state index contributed by atoms with van der Waals surface area (Å²) in [6, 6.07) is -0.460. The van der Waals surface area contributed by atoms with Gasteiger partial charge in [0.05, 0.1) is 24.2 Å². The fraction of sp³-hybridized carbons (Fsp3) is 0.571. The second kappa shape index (κ2) is 5.86. The van der Waals surface area contributed by atoms with Crippen LogP contribution in [0, 0.1) is 0 Å². The van der Waals surface area contributed by atoms with Crippen molar-refractivity contribution in [2.45, 2.75) is 38.5 Å². The number of thiophene rings is 1. The lowest BCUT2D eigenvalue weighted by molar-refractivity contribution is -0.166. The maximum absolute atomic E-state index is 12.6. The molecular weight excluding hydrogens is 306 g/mol. The van der Waals surface area contributed by atoms with Gasteiger partial charge in [0.15, 0.2) is 5.75 Å². The molecule has 3 rings (SSSR count). The van der Waals surface area contributed by atoms with E-state index in [1.807, 2.05) is 12.3 Å². The number of ether oxygens (including phenoxy) is 1. The molecule has 120 valence electrons. The topological polar surface area (TPSA) is 85.1 Å². The first-order valence-corrected chi connectivity index (χ1v) is 8.06. The van der Waals surface area contributed by atoms with Gasteiger partial charge in [-0.25, -0.2) is 0 Å². The van der Waals surface area contributed by atoms with Crippen LogP contribution in [0.1, 0.15) is 25.3 Å². The highest BCUT2D eigenvalue weighted by Gasteiger charge is 2.42. The Morgan fingerprint density at radius 3 is 3.00 bits per heavy atom. The molecule has 2 unspecified atom stereocenters. The van der Waals surface area contributed by atoms with Gasteiger partial charge >= 0.3 is 0 Å². The molecule has 8 heteroatoms. The fourth-order valence-electron chi connectivity index (χ4n) is 2.71. The molecule has 2 aliphatic heterocycles. The molecule has 7 nitrogen and oxygen atoms in total. The number of imide groups is 1. The average molecular weight is 325 g/mol. The number of rotatable bonds is 4. The Balaban J connectivity index is 1.72. The van der Waals surface area contributed by atoms with Gasteiger partial charge in [-0.3, -0.25) is 14.5 Å². The third kappa shape index (κ3) is 2.57. The van der Waals surface area contributed by atoms with Gasteiger partial charge in [0.1, 0.15) is 6.04 Å². The minimum absolute atomic E-state index is 0.155. The van der Waals surface area contributed by atoms with E-state index in [4.69, 9.17) is 15.3 Å². The number of fused-ring (bicyclic) bond motifs is 1. The molecule has 2 amide bonds. The van der Waals surface area contributed by atoms with Crippen LogP contribution >= 0.6 is 11.3 Å². The van der Waals surface area contributed by atoms with Crippen LogP contribution in [-0.2, 0) is 20.9 Å². The largest absolute Gasteiger partial charge is 0.404 e. The van der Waals surface area contributed by atoms with Crippen molar-refractivity contribution in [3.8, 4) is 5.75 Å². The zero-order valence-corrected chi connectivity index (χ0v) is 13.4. The predicted molar refractivity (Wildman–Crippen MR) is 81.1 cm³/mol. The Kier molecular flexibility index (Phi) is 4.07. The number of hydrogen-bond donors (Lipinski definition) is 1. The standard InChI is InChI=1S/C14H19N3O4S/c1-8(20-2)5-16-12(18)4-3-10(14(16)19)17-6-9-11(21-17)7-22-13(9)15/h7-8,10H,3-6,15H2,1-2H3. The molecular formula is C14H19N3O4S.